The van der Waals surface area contributed by atoms with Crippen LogP contribution < -0.4 is 19.1 Å². The molecule has 1 aliphatic carbocycles. The Labute approximate surface area is 261 Å². The van der Waals surface area contributed by atoms with Crippen LogP contribution in [0.1, 0.15) is 48.8 Å². The van der Waals surface area contributed by atoms with Gasteiger partial charge in [-0.2, -0.15) is 0 Å². The Bertz CT molecular complexity index is 1520. The molecule has 9 nitrogen and oxygen atoms in total. The normalized spacial score (nSPS) is 14.4. The van der Waals surface area contributed by atoms with Gasteiger partial charge >= 0.3 is 0 Å². The van der Waals surface area contributed by atoms with E-state index in [9.17, 15) is 18.0 Å². The van der Waals surface area contributed by atoms with E-state index in [4.69, 9.17) is 9.47 Å². The average Bonchev–Trinajstić information content (AvgIpc) is 3.01. The number of amides is 2. The van der Waals surface area contributed by atoms with Crippen molar-refractivity contribution in [2.24, 2.45) is 0 Å². The lowest BCUT2D eigenvalue weighted by atomic mass is 9.94. The lowest BCUT2D eigenvalue weighted by Gasteiger charge is -2.35. The summed E-state index contributed by atoms with van der Waals surface area (Å²) < 4.78 is 38.0. The SMILES string of the molecule is COc1ccc(N(CC(=O)N(Cc2cccc(C)c2)[C@@H](Cc2ccccc2)C(=O)NC2CCCCC2)S(C)(=O)=O)cc1OC. The van der Waals surface area contributed by atoms with Gasteiger partial charge in [0.05, 0.1) is 26.2 Å². The summed E-state index contributed by atoms with van der Waals surface area (Å²) in [4.78, 5) is 29.9. The quantitative estimate of drug-likeness (QED) is 0.292. The number of sulfonamides is 1. The van der Waals surface area contributed by atoms with Crippen LogP contribution in [-0.2, 0) is 32.6 Å². The number of rotatable bonds is 13. The number of methoxy groups -OCH3 is 2. The Morgan fingerprint density at radius 2 is 1.57 bits per heavy atom. The molecule has 1 N–H and O–H groups in total. The first kappa shape index (κ1) is 32.9. The maximum atomic E-state index is 14.4. The molecule has 0 aromatic heterocycles. The van der Waals surface area contributed by atoms with Crippen LogP contribution in [0, 0.1) is 6.92 Å². The van der Waals surface area contributed by atoms with Crippen LogP contribution in [-0.4, -0.2) is 64.2 Å². The molecule has 1 aliphatic rings. The Hall–Kier alpha value is -4.05. The zero-order valence-corrected chi connectivity index (χ0v) is 26.8. The van der Waals surface area contributed by atoms with Gasteiger partial charge in [0.1, 0.15) is 12.6 Å². The first-order valence-corrected chi connectivity index (χ1v) is 16.8. The zero-order chi connectivity index (χ0) is 31.7. The third-order valence-corrected chi connectivity index (χ3v) is 9.13. The number of carbonyl (C=O) groups is 2. The van der Waals surface area contributed by atoms with Gasteiger partial charge in [0.2, 0.25) is 21.8 Å². The molecule has 1 fully saturated rings. The summed E-state index contributed by atoms with van der Waals surface area (Å²) in [5.41, 5.74) is 3.02. The number of hydrogen-bond acceptors (Lipinski definition) is 6. The number of hydrogen-bond donors (Lipinski definition) is 1. The second kappa shape index (κ2) is 15.1. The molecule has 0 spiro atoms. The van der Waals surface area contributed by atoms with Crippen LogP contribution in [0.4, 0.5) is 5.69 Å². The molecule has 3 aromatic rings. The molecular weight excluding hydrogens is 578 g/mol. The van der Waals surface area contributed by atoms with Gasteiger partial charge in [0.25, 0.3) is 0 Å². The van der Waals surface area contributed by atoms with E-state index < -0.39 is 28.5 Å². The molecule has 0 heterocycles. The smallest absolute Gasteiger partial charge is 0.244 e. The van der Waals surface area contributed by atoms with Crippen LogP contribution in [0.5, 0.6) is 11.5 Å². The van der Waals surface area contributed by atoms with Crippen molar-refractivity contribution in [3.63, 3.8) is 0 Å². The highest BCUT2D eigenvalue weighted by molar-refractivity contribution is 7.92. The van der Waals surface area contributed by atoms with Gasteiger partial charge < -0.3 is 19.7 Å². The molecule has 0 aliphatic heterocycles. The molecular formula is C34H43N3O6S. The number of carbonyl (C=O) groups excluding carboxylic acids is 2. The van der Waals surface area contributed by atoms with Crippen molar-refractivity contribution < 1.29 is 27.5 Å². The Morgan fingerprint density at radius 1 is 0.886 bits per heavy atom. The van der Waals surface area contributed by atoms with Crippen LogP contribution >= 0.6 is 0 Å². The van der Waals surface area contributed by atoms with Crippen molar-refractivity contribution in [1.29, 1.82) is 0 Å². The topological polar surface area (TPSA) is 105 Å². The van der Waals surface area contributed by atoms with Crippen molar-refractivity contribution in [3.8, 4) is 11.5 Å². The second-order valence-electron chi connectivity index (χ2n) is 11.4. The third-order valence-electron chi connectivity index (χ3n) is 7.99. The summed E-state index contributed by atoms with van der Waals surface area (Å²) >= 11 is 0. The van der Waals surface area contributed by atoms with E-state index >= 15 is 0 Å². The fourth-order valence-electron chi connectivity index (χ4n) is 5.70. The molecule has 3 aromatic carbocycles. The first-order valence-electron chi connectivity index (χ1n) is 15.0. The standard InChI is InChI=1S/C34H43N3O6S/c1-25-12-11-15-27(20-25)23-36(30(21-26-13-7-5-8-14-26)34(39)35-28-16-9-6-10-17-28)33(38)24-37(44(4,40)41)29-18-19-31(42-2)32(22-29)43-3/h5,7-8,11-15,18-20,22,28,30H,6,9-10,16-17,21,23-24H2,1-4H3,(H,35,39)/t30-/m0/s1. The van der Waals surface area contributed by atoms with Gasteiger partial charge in [-0.25, -0.2) is 8.42 Å². The molecule has 1 atom stereocenters. The number of nitrogens with one attached hydrogen (secondary N) is 1. The molecule has 44 heavy (non-hydrogen) atoms. The van der Waals surface area contributed by atoms with Crippen molar-refractivity contribution in [2.45, 2.75) is 64.1 Å². The van der Waals surface area contributed by atoms with E-state index in [1.807, 2.05) is 61.5 Å². The predicted molar refractivity (Wildman–Crippen MR) is 172 cm³/mol. The molecule has 0 saturated heterocycles. The maximum absolute atomic E-state index is 14.4. The van der Waals surface area contributed by atoms with Crippen LogP contribution in [0.2, 0.25) is 0 Å². The fourth-order valence-corrected chi connectivity index (χ4v) is 6.54. The van der Waals surface area contributed by atoms with E-state index in [1.165, 1.54) is 25.2 Å². The van der Waals surface area contributed by atoms with Crippen molar-refractivity contribution >= 4 is 27.5 Å². The van der Waals surface area contributed by atoms with Crippen molar-refractivity contribution in [1.82, 2.24) is 10.2 Å². The number of ether oxygens (including phenoxy) is 2. The minimum Gasteiger partial charge on any atom is -0.493 e. The highest BCUT2D eigenvalue weighted by atomic mass is 32.2. The maximum Gasteiger partial charge on any atom is 0.244 e. The Kier molecular flexibility index (Phi) is 11.3. The lowest BCUT2D eigenvalue weighted by molar-refractivity contribution is -0.140. The van der Waals surface area contributed by atoms with E-state index in [0.717, 1.165) is 59.4 Å². The molecule has 0 bridgehead atoms. The van der Waals surface area contributed by atoms with Gasteiger partial charge in [0, 0.05) is 25.1 Å². The summed E-state index contributed by atoms with van der Waals surface area (Å²) in [6.07, 6.45) is 6.39. The van der Waals surface area contributed by atoms with Crippen LogP contribution in [0.3, 0.4) is 0 Å². The van der Waals surface area contributed by atoms with Gasteiger partial charge in [-0.15, -0.1) is 0 Å². The summed E-state index contributed by atoms with van der Waals surface area (Å²) in [5, 5.41) is 3.22. The molecule has 1 saturated carbocycles. The van der Waals surface area contributed by atoms with Gasteiger partial charge in [0.15, 0.2) is 11.5 Å². The van der Waals surface area contributed by atoms with E-state index in [2.05, 4.69) is 5.32 Å². The Balaban J connectivity index is 1.74. The second-order valence-corrected chi connectivity index (χ2v) is 13.3. The van der Waals surface area contributed by atoms with Crippen LogP contribution in [0.25, 0.3) is 0 Å². The number of anilines is 1. The molecule has 236 valence electrons. The molecule has 0 unspecified atom stereocenters. The Morgan fingerprint density at radius 3 is 2.20 bits per heavy atom. The van der Waals surface area contributed by atoms with Crippen molar-refractivity contribution in [3.05, 3.63) is 89.5 Å². The molecule has 10 heteroatoms. The summed E-state index contributed by atoms with van der Waals surface area (Å²) in [5.74, 6) is 0.0289. The highest BCUT2D eigenvalue weighted by Crippen LogP contribution is 2.32. The predicted octanol–water partition coefficient (Wildman–Crippen LogP) is 4.87. The largest absolute Gasteiger partial charge is 0.493 e. The van der Waals surface area contributed by atoms with Gasteiger partial charge in [-0.05, 0) is 43.0 Å². The molecule has 4 rings (SSSR count). The summed E-state index contributed by atoms with van der Waals surface area (Å²) in [6, 6.07) is 21.2. The summed E-state index contributed by atoms with van der Waals surface area (Å²) in [6.45, 7) is 1.61. The fraction of sp³-hybridized carbons (Fsp3) is 0.412. The minimum absolute atomic E-state index is 0.0460. The van der Waals surface area contributed by atoms with E-state index in [-0.39, 0.29) is 30.6 Å². The van der Waals surface area contributed by atoms with Crippen molar-refractivity contribution in [2.75, 3.05) is 31.3 Å². The first-order chi connectivity index (χ1) is 21.1. The zero-order valence-electron chi connectivity index (χ0n) is 26.0. The number of aryl methyl sites for hydroxylation is 1. The lowest BCUT2D eigenvalue weighted by Crippen LogP contribution is -2.55. The third kappa shape index (κ3) is 8.75. The average molecular weight is 622 g/mol. The van der Waals surface area contributed by atoms with Crippen LogP contribution in [0.15, 0.2) is 72.8 Å². The molecule has 2 amide bonds. The van der Waals surface area contributed by atoms with Gasteiger partial charge in [-0.1, -0.05) is 79.4 Å². The van der Waals surface area contributed by atoms with Gasteiger partial charge in [-0.3, -0.25) is 13.9 Å². The van der Waals surface area contributed by atoms with E-state index in [0.29, 0.717) is 11.5 Å². The van der Waals surface area contributed by atoms with E-state index in [1.54, 1.807) is 12.1 Å². The highest BCUT2D eigenvalue weighted by Gasteiger charge is 2.34. The molecule has 0 radical (unpaired) electrons. The number of nitrogens with zero attached hydrogens (tertiary/aromatic N) is 2. The summed E-state index contributed by atoms with van der Waals surface area (Å²) in [7, 11) is -0.961. The monoisotopic (exact) mass is 621 g/mol. The minimum atomic E-state index is -3.91. The number of benzene rings is 3.